The summed E-state index contributed by atoms with van der Waals surface area (Å²) in [4.78, 5) is 4.40. The summed E-state index contributed by atoms with van der Waals surface area (Å²) >= 11 is 10.5. The fraction of sp³-hybridized carbons (Fsp3) is 0.161. The van der Waals surface area contributed by atoms with Crippen LogP contribution in [0.4, 0.5) is 0 Å². The molecule has 9 heteroatoms. The number of hydrogen-bond donors (Lipinski definition) is 3. The second-order valence-corrected chi connectivity index (χ2v) is 22.0. The lowest BCUT2D eigenvalue weighted by Gasteiger charge is -2.22. The summed E-state index contributed by atoms with van der Waals surface area (Å²) in [6.45, 7) is 9.94. The number of hydrogen-bond acceptors (Lipinski definition) is 9. The van der Waals surface area contributed by atoms with Gasteiger partial charge < -0.3 is 19.7 Å². The molecule has 1 aliphatic heterocycles. The molecule has 0 spiro atoms. The maximum absolute atomic E-state index is 9.83. The van der Waals surface area contributed by atoms with E-state index in [1.165, 1.54) is 48.8 Å². The molecule has 5 nitrogen and oxygen atoms in total. The highest BCUT2D eigenvalue weighted by Crippen LogP contribution is 2.60. The number of aryl methyl sites for hydroxylation is 2. The Labute approximate surface area is 437 Å². The van der Waals surface area contributed by atoms with Gasteiger partial charge in [-0.15, -0.1) is 15.7 Å². The van der Waals surface area contributed by atoms with Crippen molar-refractivity contribution in [2.75, 3.05) is 13.2 Å². The molecule has 0 amide bonds. The third-order valence-electron chi connectivity index (χ3n) is 12.7. The summed E-state index contributed by atoms with van der Waals surface area (Å²) in [7, 11) is 0. The van der Waals surface area contributed by atoms with Crippen molar-refractivity contribution in [1.82, 2.24) is 3.12 Å². The van der Waals surface area contributed by atoms with E-state index < -0.39 is 0 Å². The molecule has 0 saturated carbocycles. The molecule has 71 heavy (non-hydrogen) atoms. The van der Waals surface area contributed by atoms with Gasteiger partial charge in [0.2, 0.25) is 0 Å². The lowest BCUT2D eigenvalue weighted by molar-refractivity contribution is 0.322. The van der Waals surface area contributed by atoms with Crippen molar-refractivity contribution in [2.24, 2.45) is 5.92 Å². The van der Waals surface area contributed by atoms with Gasteiger partial charge in [-0.3, -0.25) is 0 Å². The maximum Gasteiger partial charge on any atom is 0.119 e. The Kier molecular flexibility index (Phi) is 16.4. The molecule has 1 unspecified atom stereocenters. The summed E-state index contributed by atoms with van der Waals surface area (Å²) < 4.78 is 14.8. The number of rotatable bonds is 18. The van der Waals surface area contributed by atoms with Crippen LogP contribution in [0.1, 0.15) is 75.4 Å². The number of thiol groups is 1. The van der Waals surface area contributed by atoms with Gasteiger partial charge >= 0.3 is 0 Å². The number of phenols is 2. The largest absolute Gasteiger partial charge is 0.508 e. The minimum absolute atomic E-state index is 0.256. The average Bonchev–Trinajstić information content (AvgIpc) is 3.81. The summed E-state index contributed by atoms with van der Waals surface area (Å²) in [6, 6.07) is 66.2. The lowest BCUT2D eigenvalue weighted by Crippen LogP contribution is -2.09. The first-order chi connectivity index (χ1) is 34.6. The van der Waals surface area contributed by atoms with E-state index >= 15 is 0 Å². The number of phenolic OH excluding ortho intramolecular Hbond substituents is 2. The molecule has 0 aliphatic carbocycles. The fourth-order valence-corrected chi connectivity index (χ4v) is 13.1. The van der Waals surface area contributed by atoms with Crippen LogP contribution in [0.3, 0.4) is 0 Å². The summed E-state index contributed by atoms with van der Waals surface area (Å²) in [6.07, 6.45) is 1.57. The Balaban J connectivity index is 0.877. The van der Waals surface area contributed by atoms with Gasteiger partial charge in [-0.25, -0.2) is 0 Å². The summed E-state index contributed by atoms with van der Waals surface area (Å²) in [5, 5.41) is 19.5. The van der Waals surface area contributed by atoms with E-state index in [-0.39, 0.29) is 17.4 Å². The Morgan fingerprint density at radius 2 is 1.00 bits per heavy atom. The Bertz CT molecular complexity index is 3110. The quantitative estimate of drug-likeness (QED) is 0.0447. The maximum atomic E-state index is 9.83. The van der Waals surface area contributed by atoms with Gasteiger partial charge in [0.1, 0.15) is 23.0 Å². The Morgan fingerprint density at radius 1 is 0.535 bits per heavy atom. The molecule has 0 saturated heterocycles. The number of nitrogens with zero attached hydrogens (tertiary/aromatic N) is 1. The molecular weight excluding hydrogens is 951 g/mol. The van der Waals surface area contributed by atoms with Gasteiger partial charge in [0.05, 0.1) is 13.2 Å². The van der Waals surface area contributed by atoms with Crippen molar-refractivity contribution >= 4 is 68.1 Å². The first-order valence-corrected chi connectivity index (χ1v) is 26.7. The third kappa shape index (κ3) is 12.5. The van der Waals surface area contributed by atoms with Crippen LogP contribution in [0, 0.1) is 19.8 Å². The SMILES string of the molecule is Cc1ccccc1C1=C(c2ccc(OCCc3ccc(C(c4ccc(O)cc4)C(C)C)cc3)cc2)SN(S/C(=C(\S)c2ccccc2C)c2ccc(CCOc3ccc(-c4ccc(O)cc4)cc3)cc2)S1. The van der Waals surface area contributed by atoms with Gasteiger partial charge in [0.15, 0.2) is 0 Å². The fourth-order valence-electron chi connectivity index (χ4n) is 8.77. The molecule has 1 atom stereocenters. The van der Waals surface area contributed by atoms with Crippen molar-refractivity contribution in [3.05, 3.63) is 250 Å². The molecular formula is C62H57NO4S4. The molecule has 9 rings (SSSR count). The van der Waals surface area contributed by atoms with E-state index in [1.54, 1.807) is 60.1 Å². The van der Waals surface area contributed by atoms with Gasteiger partial charge in [-0.1, -0.05) is 159 Å². The zero-order chi connectivity index (χ0) is 49.3. The van der Waals surface area contributed by atoms with E-state index in [9.17, 15) is 10.2 Å². The van der Waals surface area contributed by atoms with Crippen molar-refractivity contribution in [3.8, 4) is 34.1 Å². The van der Waals surface area contributed by atoms with Crippen LogP contribution in [-0.4, -0.2) is 26.5 Å². The highest BCUT2D eigenvalue weighted by atomic mass is 32.3. The first-order valence-electron chi connectivity index (χ1n) is 23.9. The standard InChI is InChI=1S/C62H57NO4S4/c1-41(2)58(49-23-31-53(65)32-24-49)48-17-13-44(14-18-48)37-39-67-55-35-27-51(28-36-55)61-62(57-12-8-6-10-43(57)4)71-63(70-61)69-60(59(68)56-11-7-5-9-42(56)3)50-19-15-45(16-20-50)38-40-66-54-33-25-47(26-34-54)46-21-29-52(64)30-22-46/h5-36,41,58,64-65,68H,37-40H2,1-4H3/b60-59-. The van der Waals surface area contributed by atoms with E-state index in [4.69, 9.17) is 22.1 Å². The zero-order valence-corrected chi connectivity index (χ0v) is 43.6. The van der Waals surface area contributed by atoms with E-state index in [0.717, 1.165) is 62.0 Å². The van der Waals surface area contributed by atoms with Crippen LogP contribution in [0.25, 0.3) is 30.7 Å². The van der Waals surface area contributed by atoms with Gasteiger partial charge in [0, 0.05) is 38.4 Å². The second kappa shape index (κ2) is 23.4. The number of aromatic hydroxyl groups is 2. The van der Waals surface area contributed by atoms with Crippen LogP contribution in [0.2, 0.25) is 0 Å². The molecule has 8 aromatic carbocycles. The normalized spacial score (nSPS) is 13.6. The number of ether oxygens (including phenoxy) is 2. The molecule has 2 N–H and O–H groups in total. The Hall–Kier alpha value is -6.20. The molecule has 0 radical (unpaired) electrons. The van der Waals surface area contributed by atoms with Crippen molar-refractivity contribution in [1.29, 1.82) is 0 Å². The molecule has 1 aliphatic rings. The summed E-state index contributed by atoms with van der Waals surface area (Å²) in [5.74, 6) is 2.89. The molecule has 0 aromatic heterocycles. The van der Waals surface area contributed by atoms with E-state index in [2.05, 4.69) is 152 Å². The smallest absolute Gasteiger partial charge is 0.119 e. The highest BCUT2D eigenvalue weighted by Gasteiger charge is 2.30. The molecule has 1 heterocycles. The van der Waals surface area contributed by atoms with Gasteiger partial charge in [-0.2, -0.15) is 0 Å². The zero-order valence-electron chi connectivity index (χ0n) is 40.3. The predicted octanol–water partition coefficient (Wildman–Crippen LogP) is 17.0. The Morgan fingerprint density at radius 3 is 1.55 bits per heavy atom. The predicted molar refractivity (Wildman–Crippen MR) is 306 cm³/mol. The molecule has 8 aromatic rings. The van der Waals surface area contributed by atoms with Crippen LogP contribution < -0.4 is 9.47 Å². The van der Waals surface area contributed by atoms with Crippen LogP contribution >= 0.6 is 48.5 Å². The van der Waals surface area contributed by atoms with Gasteiger partial charge in [0.25, 0.3) is 0 Å². The monoisotopic (exact) mass is 1010 g/mol. The lowest BCUT2D eigenvalue weighted by atomic mass is 9.82. The topological polar surface area (TPSA) is 62.2 Å². The van der Waals surface area contributed by atoms with Crippen LogP contribution in [-0.2, 0) is 12.8 Å². The highest BCUT2D eigenvalue weighted by molar-refractivity contribution is 8.36. The van der Waals surface area contributed by atoms with E-state index in [1.807, 2.05) is 48.5 Å². The van der Waals surface area contributed by atoms with Gasteiger partial charge in [-0.05, 0) is 171 Å². The average molecular weight is 1010 g/mol. The van der Waals surface area contributed by atoms with E-state index in [0.29, 0.717) is 19.1 Å². The van der Waals surface area contributed by atoms with Crippen molar-refractivity contribution < 1.29 is 19.7 Å². The molecule has 0 fully saturated rings. The summed E-state index contributed by atoms with van der Waals surface area (Å²) in [5.41, 5.74) is 14.0. The third-order valence-corrected chi connectivity index (χ3v) is 17.1. The number of benzene rings is 8. The minimum atomic E-state index is 0.256. The molecule has 0 bridgehead atoms. The molecule has 358 valence electrons. The second-order valence-electron chi connectivity index (χ2n) is 18.0. The first kappa shape index (κ1) is 49.8. The van der Waals surface area contributed by atoms with Crippen LogP contribution in [0.5, 0.6) is 23.0 Å². The van der Waals surface area contributed by atoms with Crippen molar-refractivity contribution in [3.63, 3.8) is 0 Å². The van der Waals surface area contributed by atoms with Crippen LogP contribution in [0.15, 0.2) is 194 Å². The van der Waals surface area contributed by atoms with Crippen molar-refractivity contribution in [2.45, 2.75) is 46.5 Å². The minimum Gasteiger partial charge on any atom is -0.508 e.